The van der Waals surface area contributed by atoms with Gasteiger partial charge in [0.15, 0.2) is 6.04 Å². The lowest BCUT2D eigenvalue weighted by molar-refractivity contribution is -0.147. The number of carboxylic acid groups (broad SMARTS) is 1. The van der Waals surface area contributed by atoms with E-state index in [4.69, 9.17) is 9.84 Å². The van der Waals surface area contributed by atoms with E-state index in [9.17, 15) is 14.4 Å². The third-order valence-corrected chi connectivity index (χ3v) is 3.83. The lowest BCUT2D eigenvalue weighted by Crippen LogP contribution is -2.58. The Morgan fingerprint density at radius 3 is 2.43 bits per heavy atom. The molecular formula is C13H21N3O5. The van der Waals surface area contributed by atoms with E-state index in [0.29, 0.717) is 39.1 Å². The molecule has 0 bridgehead atoms. The number of urea groups is 1. The first-order valence-electron chi connectivity index (χ1n) is 7.12. The number of rotatable bonds is 2. The first-order valence-corrected chi connectivity index (χ1v) is 7.12. The van der Waals surface area contributed by atoms with Crippen molar-refractivity contribution in [1.82, 2.24) is 15.1 Å². The monoisotopic (exact) mass is 299 g/mol. The van der Waals surface area contributed by atoms with Crippen LogP contribution in [0.3, 0.4) is 0 Å². The molecule has 2 saturated heterocycles. The molecule has 2 rings (SSSR count). The Labute approximate surface area is 123 Å². The molecule has 2 aliphatic heterocycles. The minimum atomic E-state index is -1.05. The van der Waals surface area contributed by atoms with Gasteiger partial charge >= 0.3 is 12.0 Å². The smallest absolute Gasteiger partial charge is 0.328 e. The standard InChI is InChI=1S/C13H21N3O5/c1-9(17)14-10-2-4-15(5-3-10)13(20)16-6-7-21-8-11(16)12(18)19/h10-11H,2-8H2,1H3,(H,14,17)(H,18,19). The number of ether oxygens (including phenoxy) is 1. The van der Waals surface area contributed by atoms with Gasteiger partial charge in [-0.15, -0.1) is 0 Å². The van der Waals surface area contributed by atoms with Gasteiger partial charge in [0.1, 0.15) is 0 Å². The van der Waals surface area contributed by atoms with Gasteiger partial charge in [-0.05, 0) is 12.8 Å². The molecule has 2 fully saturated rings. The summed E-state index contributed by atoms with van der Waals surface area (Å²) in [6, 6.07) is -1.09. The fraction of sp³-hybridized carbons (Fsp3) is 0.769. The molecule has 0 spiro atoms. The Balaban J connectivity index is 1.91. The molecule has 1 atom stereocenters. The number of nitrogens with one attached hydrogen (secondary N) is 1. The zero-order valence-electron chi connectivity index (χ0n) is 12.1. The molecular weight excluding hydrogens is 278 g/mol. The van der Waals surface area contributed by atoms with Gasteiger partial charge in [-0.3, -0.25) is 4.79 Å². The highest BCUT2D eigenvalue weighted by Crippen LogP contribution is 2.16. The molecule has 21 heavy (non-hydrogen) atoms. The first kappa shape index (κ1) is 15.6. The van der Waals surface area contributed by atoms with Crippen LogP contribution in [0.4, 0.5) is 4.79 Å². The van der Waals surface area contributed by atoms with E-state index in [1.165, 1.54) is 11.8 Å². The number of amides is 3. The number of carbonyl (C=O) groups excluding carboxylic acids is 2. The van der Waals surface area contributed by atoms with Gasteiger partial charge in [-0.2, -0.15) is 0 Å². The van der Waals surface area contributed by atoms with E-state index in [-0.39, 0.29) is 24.6 Å². The second-order valence-electron chi connectivity index (χ2n) is 5.37. The minimum absolute atomic E-state index is 0.0312. The summed E-state index contributed by atoms with van der Waals surface area (Å²) < 4.78 is 5.13. The summed E-state index contributed by atoms with van der Waals surface area (Å²) >= 11 is 0. The Bertz CT molecular complexity index is 420. The van der Waals surface area contributed by atoms with Crippen molar-refractivity contribution >= 4 is 17.9 Å². The Morgan fingerprint density at radius 2 is 1.86 bits per heavy atom. The van der Waals surface area contributed by atoms with Gasteiger partial charge < -0.3 is 25.0 Å². The summed E-state index contributed by atoms with van der Waals surface area (Å²) in [6.45, 7) is 3.20. The number of carboxylic acids is 1. The highest BCUT2D eigenvalue weighted by Gasteiger charge is 2.36. The maximum absolute atomic E-state index is 12.4. The number of aliphatic carboxylic acids is 1. The molecule has 2 N–H and O–H groups in total. The van der Waals surface area contributed by atoms with Crippen LogP contribution in [0.25, 0.3) is 0 Å². The van der Waals surface area contributed by atoms with Crippen molar-refractivity contribution in [1.29, 1.82) is 0 Å². The van der Waals surface area contributed by atoms with Crippen LogP contribution in [0.1, 0.15) is 19.8 Å². The van der Waals surface area contributed by atoms with E-state index >= 15 is 0 Å². The molecule has 0 aliphatic carbocycles. The van der Waals surface area contributed by atoms with E-state index in [1.807, 2.05) is 0 Å². The second kappa shape index (κ2) is 6.75. The van der Waals surface area contributed by atoms with Crippen LogP contribution in [0.2, 0.25) is 0 Å². The predicted octanol–water partition coefficient (Wildman–Crippen LogP) is -0.508. The summed E-state index contributed by atoms with van der Waals surface area (Å²) in [5.41, 5.74) is 0. The highest BCUT2D eigenvalue weighted by molar-refractivity contribution is 5.83. The molecule has 118 valence electrons. The van der Waals surface area contributed by atoms with Gasteiger partial charge in [0, 0.05) is 32.6 Å². The largest absolute Gasteiger partial charge is 0.480 e. The third-order valence-electron chi connectivity index (χ3n) is 3.83. The number of carbonyl (C=O) groups is 3. The van der Waals surface area contributed by atoms with Gasteiger partial charge in [-0.25, -0.2) is 9.59 Å². The van der Waals surface area contributed by atoms with Crippen LogP contribution in [0.15, 0.2) is 0 Å². The van der Waals surface area contributed by atoms with Crippen LogP contribution < -0.4 is 5.32 Å². The lowest BCUT2D eigenvalue weighted by atomic mass is 10.1. The Morgan fingerprint density at radius 1 is 1.19 bits per heavy atom. The number of piperidine rings is 1. The molecule has 8 nitrogen and oxygen atoms in total. The molecule has 8 heteroatoms. The number of hydrogen-bond acceptors (Lipinski definition) is 4. The maximum atomic E-state index is 12.4. The molecule has 2 heterocycles. The minimum Gasteiger partial charge on any atom is -0.480 e. The maximum Gasteiger partial charge on any atom is 0.328 e. The van der Waals surface area contributed by atoms with Crippen molar-refractivity contribution in [2.24, 2.45) is 0 Å². The first-order chi connectivity index (χ1) is 9.99. The fourth-order valence-corrected chi connectivity index (χ4v) is 2.72. The van der Waals surface area contributed by atoms with Crippen LogP contribution in [-0.2, 0) is 14.3 Å². The van der Waals surface area contributed by atoms with Crippen LogP contribution in [0, 0.1) is 0 Å². The van der Waals surface area contributed by atoms with Crippen molar-refractivity contribution in [3.63, 3.8) is 0 Å². The molecule has 0 aromatic heterocycles. The number of morpholine rings is 1. The fourth-order valence-electron chi connectivity index (χ4n) is 2.72. The number of nitrogens with zero attached hydrogens (tertiary/aromatic N) is 2. The van der Waals surface area contributed by atoms with Gasteiger partial charge in [0.2, 0.25) is 5.91 Å². The van der Waals surface area contributed by atoms with E-state index in [0.717, 1.165) is 0 Å². The Kier molecular flexibility index (Phi) is 5.00. The second-order valence-corrected chi connectivity index (χ2v) is 5.37. The number of likely N-dealkylation sites (tertiary alicyclic amines) is 1. The summed E-state index contributed by atoms with van der Waals surface area (Å²) in [5, 5.41) is 12.0. The zero-order valence-corrected chi connectivity index (χ0v) is 12.1. The van der Waals surface area contributed by atoms with Crippen molar-refractivity contribution in [2.45, 2.75) is 31.8 Å². The zero-order chi connectivity index (χ0) is 15.4. The highest BCUT2D eigenvalue weighted by atomic mass is 16.5. The molecule has 0 aromatic rings. The van der Waals surface area contributed by atoms with Crippen molar-refractivity contribution in [2.75, 3.05) is 32.8 Å². The van der Waals surface area contributed by atoms with Crippen molar-refractivity contribution < 1.29 is 24.2 Å². The van der Waals surface area contributed by atoms with Crippen LogP contribution in [-0.4, -0.2) is 77.7 Å². The molecule has 1 unspecified atom stereocenters. The Hall–Kier alpha value is -1.83. The van der Waals surface area contributed by atoms with Gasteiger partial charge in [-0.1, -0.05) is 0 Å². The predicted molar refractivity (Wildman–Crippen MR) is 72.8 cm³/mol. The average Bonchev–Trinajstić information content (AvgIpc) is 2.46. The van der Waals surface area contributed by atoms with Gasteiger partial charge in [0.05, 0.1) is 13.2 Å². The molecule has 0 saturated carbocycles. The normalized spacial score (nSPS) is 23.8. The molecule has 0 aromatic carbocycles. The lowest BCUT2D eigenvalue weighted by Gasteiger charge is -2.39. The van der Waals surface area contributed by atoms with E-state index in [2.05, 4.69) is 5.32 Å². The van der Waals surface area contributed by atoms with E-state index in [1.54, 1.807) is 4.90 Å². The topological polar surface area (TPSA) is 99.2 Å². The summed E-state index contributed by atoms with van der Waals surface area (Å²) in [4.78, 5) is 37.7. The van der Waals surface area contributed by atoms with E-state index < -0.39 is 12.0 Å². The van der Waals surface area contributed by atoms with Crippen LogP contribution in [0.5, 0.6) is 0 Å². The van der Waals surface area contributed by atoms with Gasteiger partial charge in [0.25, 0.3) is 0 Å². The number of hydrogen-bond donors (Lipinski definition) is 2. The molecule has 3 amide bonds. The van der Waals surface area contributed by atoms with Crippen LogP contribution >= 0.6 is 0 Å². The molecule has 0 radical (unpaired) electrons. The summed E-state index contributed by atoms with van der Waals surface area (Å²) in [5.74, 6) is -1.12. The summed E-state index contributed by atoms with van der Waals surface area (Å²) in [7, 11) is 0. The third kappa shape index (κ3) is 3.84. The molecule has 2 aliphatic rings. The average molecular weight is 299 g/mol. The SMILES string of the molecule is CC(=O)NC1CCN(C(=O)N2CCOCC2C(=O)O)CC1. The quantitative estimate of drug-likeness (QED) is 0.715. The van der Waals surface area contributed by atoms with Crippen molar-refractivity contribution in [3.05, 3.63) is 0 Å². The van der Waals surface area contributed by atoms with Crippen molar-refractivity contribution in [3.8, 4) is 0 Å². The summed E-state index contributed by atoms with van der Waals surface area (Å²) in [6.07, 6.45) is 1.38.